The molecule has 0 amide bonds. The van der Waals surface area contributed by atoms with Crippen LogP contribution in [-0.4, -0.2) is 29.4 Å². The van der Waals surface area contributed by atoms with Gasteiger partial charge in [0.15, 0.2) is 11.0 Å². The lowest BCUT2D eigenvalue weighted by Gasteiger charge is -2.11. The molecule has 0 saturated carbocycles. The Bertz CT molecular complexity index is 507. The molecule has 0 aliphatic carbocycles. The summed E-state index contributed by atoms with van der Waals surface area (Å²) in [7, 11) is 0. The van der Waals surface area contributed by atoms with E-state index in [1.54, 1.807) is 31.7 Å². The summed E-state index contributed by atoms with van der Waals surface area (Å²) in [6, 6.07) is 8.01. The first-order chi connectivity index (χ1) is 9.93. The fourth-order valence-corrected chi connectivity index (χ4v) is 2.14. The molecule has 1 unspecified atom stereocenters. The maximum Gasteiger partial charge on any atom is 0.326 e. The SMILES string of the molecule is CSc1ccc(/C=C/CC(=O)C(S)C(=O)OC(C)C)cc1. The van der Waals surface area contributed by atoms with E-state index in [1.165, 1.54) is 4.90 Å². The van der Waals surface area contributed by atoms with Crippen molar-refractivity contribution in [3.8, 4) is 0 Å². The number of ketones is 1. The molecule has 3 nitrogen and oxygen atoms in total. The fourth-order valence-electron chi connectivity index (χ4n) is 1.57. The molecule has 1 rings (SSSR count). The number of benzene rings is 1. The molecule has 0 saturated heterocycles. The number of carbonyl (C=O) groups is 2. The van der Waals surface area contributed by atoms with Crippen LogP contribution in [0.5, 0.6) is 0 Å². The normalized spacial score (nSPS) is 12.6. The monoisotopic (exact) mass is 324 g/mol. The van der Waals surface area contributed by atoms with Crippen LogP contribution in [0.2, 0.25) is 0 Å². The second-order valence-electron chi connectivity index (χ2n) is 4.73. The van der Waals surface area contributed by atoms with E-state index in [-0.39, 0.29) is 18.3 Å². The van der Waals surface area contributed by atoms with Gasteiger partial charge in [0.1, 0.15) is 0 Å². The predicted molar refractivity (Wildman–Crippen MR) is 90.9 cm³/mol. The van der Waals surface area contributed by atoms with Crippen molar-refractivity contribution >= 4 is 42.2 Å². The lowest BCUT2D eigenvalue weighted by molar-refractivity contribution is -0.148. The van der Waals surface area contributed by atoms with Gasteiger partial charge in [0.25, 0.3) is 0 Å². The summed E-state index contributed by atoms with van der Waals surface area (Å²) in [5, 5.41) is -1.02. The highest BCUT2D eigenvalue weighted by molar-refractivity contribution is 7.98. The zero-order valence-electron chi connectivity index (χ0n) is 12.4. The molecule has 0 aliphatic heterocycles. The van der Waals surface area contributed by atoms with Crippen LogP contribution in [-0.2, 0) is 14.3 Å². The van der Waals surface area contributed by atoms with Crippen molar-refractivity contribution in [1.82, 2.24) is 0 Å². The number of rotatable bonds is 7. The van der Waals surface area contributed by atoms with Crippen LogP contribution in [0.25, 0.3) is 6.08 Å². The van der Waals surface area contributed by atoms with Crippen molar-refractivity contribution in [2.24, 2.45) is 0 Å². The minimum Gasteiger partial charge on any atom is -0.462 e. The zero-order valence-corrected chi connectivity index (χ0v) is 14.1. The first kappa shape index (κ1) is 17.9. The van der Waals surface area contributed by atoms with Gasteiger partial charge in [-0.1, -0.05) is 24.3 Å². The number of Topliss-reactive ketones (excluding diaryl/α,β-unsaturated/α-hetero) is 1. The largest absolute Gasteiger partial charge is 0.462 e. The molecule has 0 heterocycles. The molecule has 0 aromatic heterocycles. The van der Waals surface area contributed by atoms with Crippen LogP contribution in [0.15, 0.2) is 35.2 Å². The number of hydrogen-bond donors (Lipinski definition) is 1. The first-order valence-corrected chi connectivity index (χ1v) is 8.40. The summed E-state index contributed by atoms with van der Waals surface area (Å²) in [5.41, 5.74) is 1.01. The third kappa shape index (κ3) is 6.40. The average Bonchev–Trinajstić information content (AvgIpc) is 2.46. The second kappa shape index (κ2) is 8.95. The third-order valence-electron chi connectivity index (χ3n) is 2.63. The van der Waals surface area contributed by atoms with E-state index in [2.05, 4.69) is 12.6 Å². The van der Waals surface area contributed by atoms with Gasteiger partial charge in [-0.15, -0.1) is 11.8 Å². The van der Waals surface area contributed by atoms with Gasteiger partial charge < -0.3 is 4.74 Å². The van der Waals surface area contributed by atoms with Crippen molar-refractivity contribution in [2.75, 3.05) is 6.26 Å². The van der Waals surface area contributed by atoms with Crippen LogP contribution < -0.4 is 0 Å². The van der Waals surface area contributed by atoms with Gasteiger partial charge in [0, 0.05) is 11.3 Å². The molecule has 0 fully saturated rings. The van der Waals surface area contributed by atoms with Gasteiger partial charge in [0.2, 0.25) is 0 Å². The topological polar surface area (TPSA) is 43.4 Å². The lowest BCUT2D eigenvalue weighted by Crippen LogP contribution is -2.28. The van der Waals surface area contributed by atoms with Gasteiger partial charge >= 0.3 is 5.97 Å². The molecule has 5 heteroatoms. The van der Waals surface area contributed by atoms with E-state index in [1.807, 2.05) is 36.6 Å². The standard InChI is InChI=1S/C16H20O3S2/c1-11(2)19-16(18)15(20)14(17)6-4-5-12-7-9-13(21-3)10-8-12/h4-5,7-11,15,20H,6H2,1-3H3/b5-4+. The van der Waals surface area contributed by atoms with Gasteiger partial charge in [-0.2, -0.15) is 12.6 Å². The summed E-state index contributed by atoms with van der Waals surface area (Å²) in [4.78, 5) is 24.6. The number of esters is 1. The Kier molecular flexibility index (Phi) is 7.61. The predicted octanol–water partition coefficient (Wildman–Crippen LogP) is 3.63. The lowest BCUT2D eigenvalue weighted by atomic mass is 10.1. The number of hydrogen-bond acceptors (Lipinski definition) is 5. The number of thiol groups is 1. The van der Waals surface area contributed by atoms with E-state index < -0.39 is 11.2 Å². The molecule has 0 spiro atoms. The van der Waals surface area contributed by atoms with Crippen molar-refractivity contribution in [3.63, 3.8) is 0 Å². The number of carbonyl (C=O) groups excluding carboxylic acids is 2. The van der Waals surface area contributed by atoms with E-state index >= 15 is 0 Å². The summed E-state index contributed by atoms with van der Waals surface area (Å²) in [6.45, 7) is 3.47. The summed E-state index contributed by atoms with van der Waals surface area (Å²) in [5.74, 6) is -0.850. The average molecular weight is 324 g/mol. The van der Waals surface area contributed by atoms with E-state index in [0.717, 1.165) is 5.56 Å². The number of allylic oxidation sites excluding steroid dienone is 1. The fraction of sp³-hybridized carbons (Fsp3) is 0.375. The van der Waals surface area contributed by atoms with Gasteiger partial charge in [0.05, 0.1) is 6.10 Å². The number of ether oxygens (including phenoxy) is 1. The van der Waals surface area contributed by atoms with E-state index in [4.69, 9.17) is 4.74 Å². The molecule has 21 heavy (non-hydrogen) atoms. The molecule has 0 radical (unpaired) electrons. The molecular weight excluding hydrogens is 304 g/mol. The Hall–Kier alpha value is -1.20. The smallest absolute Gasteiger partial charge is 0.326 e. The Morgan fingerprint density at radius 1 is 1.29 bits per heavy atom. The second-order valence-corrected chi connectivity index (χ2v) is 6.13. The molecule has 0 N–H and O–H groups in total. The Morgan fingerprint density at radius 3 is 2.43 bits per heavy atom. The van der Waals surface area contributed by atoms with Gasteiger partial charge in [-0.25, -0.2) is 0 Å². The van der Waals surface area contributed by atoms with Crippen molar-refractivity contribution in [1.29, 1.82) is 0 Å². The van der Waals surface area contributed by atoms with Crippen LogP contribution >= 0.6 is 24.4 Å². The maximum atomic E-state index is 11.8. The molecule has 114 valence electrons. The van der Waals surface area contributed by atoms with Crippen LogP contribution in [0, 0.1) is 0 Å². The van der Waals surface area contributed by atoms with E-state index in [0.29, 0.717) is 0 Å². The third-order valence-corrected chi connectivity index (χ3v) is 3.87. The summed E-state index contributed by atoms with van der Waals surface area (Å²) < 4.78 is 4.96. The van der Waals surface area contributed by atoms with Crippen molar-refractivity contribution in [2.45, 2.75) is 36.5 Å². The molecule has 0 aliphatic rings. The zero-order chi connectivity index (χ0) is 15.8. The first-order valence-electron chi connectivity index (χ1n) is 6.66. The van der Waals surface area contributed by atoms with Crippen LogP contribution in [0.1, 0.15) is 25.8 Å². The maximum absolute atomic E-state index is 11.8. The van der Waals surface area contributed by atoms with Crippen molar-refractivity contribution < 1.29 is 14.3 Å². The molecule has 0 bridgehead atoms. The van der Waals surface area contributed by atoms with Gasteiger partial charge in [-0.3, -0.25) is 9.59 Å². The summed E-state index contributed by atoms with van der Waals surface area (Å²) >= 11 is 5.70. The van der Waals surface area contributed by atoms with Gasteiger partial charge in [-0.05, 0) is 37.8 Å². The van der Waals surface area contributed by atoms with Crippen LogP contribution in [0.3, 0.4) is 0 Å². The quantitative estimate of drug-likeness (QED) is 0.360. The molecule has 1 aromatic carbocycles. The molecular formula is C16H20O3S2. The van der Waals surface area contributed by atoms with Crippen LogP contribution in [0.4, 0.5) is 0 Å². The molecule has 1 aromatic rings. The molecule has 1 atom stereocenters. The highest BCUT2D eigenvalue weighted by Crippen LogP contribution is 2.15. The summed E-state index contributed by atoms with van der Waals surface area (Å²) in [6.07, 6.45) is 5.53. The minimum absolute atomic E-state index is 0.158. The Balaban J connectivity index is 2.51. The highest BCUT2D eigenvalue weighted by atomic mass is 32.2. The highest BCUT2D eigenvalue weighted by Gasteiger charge is 2.23. The Labute approximate surface area is 135 Å². The number of thioether (sulfide) groups is 1. The van der Waals surface area contributed by atoms with Crippen molar-refractivity contribution in [3.05, 3.63) is 35.9 Å². The van der Waals surface area contributed by atoms with E-state index in [9.17, 15) is 9.59 Å². The minimum atomic E-state index is -1.02. The Morgan fingerprint density at radius 2 is 1.90 bits per heavy atom.